The number of esters is 2. The highest BCUT2D eigenvalue weighted by Crippen LogP contribution is 2.17. The van der Waals surface area contributed by atoms with Crippen LogP contribution in [-0.4, -0.2) is 11.9 Å². The SMILES string of the molecule is CC(CCC(=O)OCc1ccc(C(C)C)cc1)CC(=O)OCc1ccc(C(C)C)cc1. The van der Waals surface area contributed by atoms with Gasteiger partial charge in [0.15, 0.2) is 0 Å². The van der Waals surface area contributed by atoms with E-state index in [2.05, 4.69) is 52.0 Å². The van der Waals surface area contributed by atoms with Crippen LogP contribution < -0.4 is 0 Å². The number of ether oxygens (including phenoxy) is 2. The minimum Gasteiger partial charge on any atom is -0.461 e. The van der Waals surface area contributed by atoms with Crippen molar-refractivity contribution in [3.63, 3.8) is 0 Å². The van der Waals surface area contributed by atoms with Gasteiger partial charge in [-0.05, 0) is 46.4 Å². The molecule has 0 saturated carbocycles. The molecule has 0 saturated heterocycles. The van der Waals surface area contributed by atoms with E-state index in [-0.39, 0.29) is 31.1 Å². The normalized spacial score (nSPS) is 12.1. The molecule has 1 unspecified atom stereocenters. The van der Waals surface area contributed by atoms with Gasteiger partial charge in [0.1, 0.15) is 13.2 Å². The molecule has 0 bridgehead atoms. The van der Waals surface area contributed by atoms with Crippen LogP contribution in [0.3, 0.4) is 0 Å². The second-order valence-corrected chi connectivity index (χ2v) is 8.96. The molecule has 0 radical (unpaired) electrons. The predicted molar refractivity (Wildman–Crippen MR) is 124 cm³/mol. The van der Waals surface area contributed by atoms with E-state index in [0.717, 1.165) is 11.1 Å². The minimum atomic E-state index is -0.238. The number of rotatable bonds is 11. The zero-order valence-corrected chi connectivity index (χ0v) is 19.5. The first kappa shape index (κ1) is 24.6. The van der Waals surface area contributed by atoms with Crippen LogP contribution in [0.1, 0.15) is 88.0 Å². The standard InChI is InChI=1S/C27H36O4/c1-19(2)24-11-7-22(8-12-24)17-30-26(28)15-6-21(5)16-27(29)31-18-23-9-13-25(14-10-23)20(3)4/h7-14,19-21H,6,15-18H2,1-5H3. The largest absolute Gasteiger partial charge is 0.461 e. The van der Waals surface area contributed by atoms with Crippen molar-refractivity contribution >= 4 is 11.9 Å². The van der Waals surface area contributed by atoms with Crippen LogP contribution in [-0.2, 0) is 32.3 Å². The Bertz CT molecular complexity index is 819. The first-order valence-electron chi connectivity index (χ1n) is 11.2. The Morgan fingerprint density at radius 1 is 0.677 bits per heavy atom. The molecule has 31 heavy (non-hydrogen) atoms. The van der Waals surface area contributed by atoms with Crippen LogP contribution in [0.5, 0.6) is 0 Å². The minimum absolute atomic E-state index is 0.0636. The van der Waals surface area contributed by atoms with E-state index in [1.54, 1.807) is 0 Å². The van der Waals surface area contributed by atoms with E-state index in [1.807, 2.05) is 31.2 Å². The predicted octanol–water partition coefficient (Wildman–Crippen LogP) is 6.53. The lowest BCUT2D eigenvalue weighted by molar-refractivity contribution is -0.148. The van der Waals surface area contributed by atoms with Crippen molar-refractivity contribution in [2.45, 2.75) is 78.9 Å². The Morgan fingerprint density at radius 2 is 1.10 bits per heavy atom. The van der Waals surface area contributed by atoms with E-state index in [1.165, 1.54) is 11.1 Å². The highest BCUT2D eigenvalue weighted by atomic mass is 16.5. The summed E-state index contributed by atoms with van der Waals surface area (Å²) in [5.74, 6) is 0.552. The first-order chi connectivity index (χ1) is 14.7. The Labute approximate surface area is 187 Å². The molecule has 2 aromatic carbocycles. The molecule has 0 amide bonds. The summed E-state index contributed by atoms with van der Waals surface area (Å²) in [7, 11) is 0. The molecule has 0 aliphatic heterocycles. The molecule has 0 aromatic heterocycles. The molecule has 0 heterocycles. The number of hydrogen-bond donors (Lipinski definition) is 0. The van der Waals surface area contributed by atoms with Crippen molar-refractivity contribution in [1.82, 2.24) is 0 Å². The number of carbonyl (C=O) groups is 2. The van der Waals surface area contributed by atoms with Crippen molar-refractivity contribution in [3.05, 3.63) is 70.8 Å². The number of benzene rings is 2. The lowest BCUT2D eigenvalue weighted by atomic mass is 10.0. The van der Waals surface area contributed by atoms with Gasteiger partial charge in [0.25, 0.3) is 0 Å². The first-order valence-corrected chi connectivity index (χ1v) is 11.2. The molecule has 1 atom stereocenters. The van der Waals surface area contributed by atoms with Gasteiger partial charge in [-0.15, -0.1) is 0 Å². The van der Waals surface area contributed by atoms with Gasteiger partial charge in [-0.3, -0.25) is 9.59 Å². The topological polar surface area (TPSA) is 52.6 Å². The van der Waals surface area contributed by atoms with Crippen molar-refractivity contribution in [1.29, 1.82) is 0 Å². The average Bonchev–Trinajstić information content (AvgIpc) is 2.75. The fraction of sp³-hybridized carbons (Fsp3) is 0.481. The molecular weight excluding hydrogens is 388 g/mol. The maximum Gasteiger partial charge on any atom is 0.306 e. The third kappa shape index (κ3) is 8.95. The summed E-state index contributed by atoms with van der Waals surface area (Å²) in [5, 5.41) is 0. The second-order valence-electron chi connectivity index (χ2n) is 8.96. The molecular formula is C27H36O4. The molecule has 0 N–H and O–H groups in total. The van der Waals surface area contributed by atoms with E-state index in [9.17, 15) is 9.59 Å². The van der Waals surface area contributed by atoms with Gasteiger partial charge >= 0.3 is 11.9 Å². The molecule has 0 aliphatic rings. The summed E-state index contributed by atoms with van der Waals surface area (Å²) < 4.78 is 10.7. The van der Waals surface area contributed by atoms with E-state index in [4.69, 9.17) is 9.47 Å². The summed E-state index contributed by atoms with van der Waals surface area (Å²) in [6.45, 7) is 11.1. The lowest BCUT2D eigenvalue weighted by Crippen LogP contribution is -2.12. The van der Waals surface area contributed by atoms with Crippen LogP contribution in [0.2, 0.25) is 0 Å². The number of hydrogen-bond acceptors (Lipinski definition) is 4. The molecule has 4 heteroatoms. The summed E-state index contributed by atoms with van der Waals surface area (Å²) in [6, 6.07) is 16.3. The molecule has 0 spiro atoms. The second kappa shape index (κ2) is 12.3. The summed E-state index contributed by atoms with van der Waals surface area (Å²) in [4.78, 5) is 24.1. The van der Waals surface area contributed by atoms with Crippen molar-refractivity contribution in [3.8, 4) is 0 Å². The Balaban J connectivity index is 1.64. The van der Waals surface area contributed by atoms with Crippen molar-refractivity contribution in [2.24, 2.45) is 5.92 Å². The summed E-state index contributed by atoms with van der Waals surface area (Å²) >= 11 is 0. The zero-order chi connectivity index (χ0) is 22.8. The van der Waals surface area contributed by atoms with Gasteiger partial charge in [0.2, 0.25) is 0 Å². The van der Waals surface area contributed by atoms with Crippen molar-refractivity contribution in [2.75, 3.05) is 0 Å². The maximum absolute atomic E-state index is 12.1. The zero-order valence-electron chi connectivity index (χ0n) is 19.5. The lowest BCUT2D eigenvalue weighted by Gasteiger charge is -2.12. The molecule has 2 rings (SSSR count). The van der Waals surface area contributed by atoms with Gasteiger partial charge < -0.3 is 9.47 Å². The fourth-order valence-electron chi connectivity index (χ4n) is 3.21. The Hall–Kier alpha value is -2.62. The van der Waals surface area contributed by atoms with Crippen molar-refractivity contribution < 1.29 is 19.1 Å². The monoisotopic (exact) mass is 424 g/mol. The maximum atomic E-state index is 12.1. The van der Waals surface area contributed by atoms with Gasteiger partial charge in [0.05, 0.1) is 0 Å². The molecule has 0 fully saturated rings. The van der Waals surface area contributed by atoms with Crippen LogP contribution in [0.4, 0.5) is 0 Å². The third-order valence-electron chi connectivity index (χ3n) is 5.45. The van der Waals surface area contributed by atoms with Gasteiger partial charge in [-0.1, -0.05) is 83.1 Å². The fourth-order valence-corrected chi connectivity index (χ4v) is 3.21. The number of carbonyl (C=O) groups excluding carboxylic acids is 2. The Kier molecular flexibility index (Phi) is 9.77. The molecule has 4 nitrogen and oxygen atoms in total. The summed E-state index contributed by atoms with van der Waals surface area (Å²) in [6.07, 6.45) is 1.20. The molecule has 2 aromatic rings. The van der Waals surface area contributed by atoms with Crippen LogP contribution in [0.15, 0.2) is 48.5 Å². The van der Waals surface area contributed by atoms with Crippen LogP contribution >= 0.6 is 0 Å². The quantitative estimate of drug-likeness (QED) is 0.385. The van der Waals surface area contributed by atoms with E-state index >= 15 is 0 Å². The van der Waals surface area contributed by atoms with Gasteiger partial charge in [0, 0.05) is 12.8 Å². The highest BCUT2D eigenvalue weighted by Gasteiger charge is 2.13. The van der Waals surface area contributed by atoms with Crippen LogP contribution in [0, 0.1) is 5.92 Å². The van der Waals surface area contributed by atoms with Crippen LogP contribution in [0.25, 0.3) is 0 Å². The molecule has 0 aliphatic carbocycles. The molecule has 168 valence electrons. The van der Waals surface area contributed by atoms with E-state index in [0.29, 0.717) is 31.1 Å². The van der Waals surface area contributed by atoms with Gasteiger partial charge in [-0.2, -0.15) is 0 Å². The highest BCUT2D eigenvalue weighted by molar-refractivity contribution is 5.71. The smallest absolute Gasteiger partial charge is 0.306 e. The summed E-state index contributed by atoms with van der Waals surface area (Å²) in [5.41, 5.74) is 4.50. The Morgan fingerprint density at radius 3 is 1.52 bits per heavy atom. The average molecular weight is 425 g/mol. The van der Waals surface area contributed by atoms with Gasteiger partial charge in [-0.25, -0.2) is 0 Å². The van der Waals surface area contributed by atoms with E-state index < -0.39 is 0 Å². The third-order valence-corrected chi connectivity index (χ3v) is 5.45.